The van der Waals surface area contributed by atoms with Gasteiger partial charge in [-0.2, -0.15) is 0 Å². The maximum atomic E-state index is 11.5. The number of anilines is 1. The molecule has 0 aromatic carbocycles. The molecule has 0 fully saturated rings. The van der Waals surface area contributed by atoms with Crippen LogP contribution in [-0.2, 0) is 4.79 Å². The molecular formula is C9H10N4O. The van der Waals surface area contributed by atoms with Crippen LogP contribution in [0.3, 0.4) is 0 Å². The first kappa shape index (κ1) is 8.68. The van der Waals surface area contributed by atoms with Crippen molar-refractivity contribution in [2.45, 2.75) is 0 Å². The molecule has 1 aromatic heterocycles. The Morgan fingerprint density at radius 1 is 1.43 bits per heavy atom. The number of nitrogens with one attached hydrogen (secondary N) is 2. The molecule has 2 rings (SSSR count). The van der Waals surface area contributed by atoms with Crippen molar-refractivity contribution in [2.24, 2.45) is 4.99 Å². The average molecular weight is 190 g/mol. The Morgan fingerprint density at radius 2 is 2.21 bits per heavy atom. The van der Waals surface area contributed by atoms with Crippen molar-refractivity contribution in [3.05, 3.63) is 24.5 Å². The third-order valence-corrected chi connectivity index (χ3v) is 1.83. The van der Waals surface area contributed by atoms with E-state index in [1.54, 1.807) is 24.5 Å². The number of aromatic nitrogens is 1. The molecule has 1 aliphatic rings. The largest absolute Gasteiger partial charge is 0.364 e. The number of amides is 1. The summed E-state index contributed by atoms with van der Waals surface area (Å²) in [5.41, 5.74) is 0.724. The maximum absolute atomic E-state index is 11.5. The summed E-state index contributed by atoms with van der Waals surface area (Å²) in [6.07, 6.45) is 3.25. The number of carbonyl (C=O) groups excluding carboxylic acids is 1. The summed E-state index contributed by atoms with van der Waals surface area (Å²) in [5.74, 6) is 0.204. The summed E-state index contributed by atoms with van der Waals surface area (Å²) in [5, 5.41) is 5.61. The van der Waals surface area contributed by atoms with E-state index in [0.717, 1.165) is 12.2 Å². The van der Waals surface area contributed by atoms with Gasteiger partial charge >= 0.3 is 0 Å². The molecule has 0 radical (unpaired) electrons. The van der Waals surface area contributed by atoms with E-state index < -0.39 is 0 Å². The molecule has 1 aliphatic heterocycles. The van der Waals surface area contributed by atoms with E-state index >= 15 is 0 Å². The van der Waals surface area contributed by atoms with Gasteiger partial charge in [0, 0.05) is 24.6 Å². The van der Waals surface area contributed by atoms with Gasteiger partial charge in [0.15, 0.2) is 5.84 Å². The van der Waals surface area contributed by atoms with Gasteiger partial charge in [0.2, 0.25) is 0 Å². The molecule has 0 unspecified atom stereocenters. The van der Waals surface area contributed by atoms with Crippen molar-refractivity contribution >= 4 is 17.4 Å². The lowest BCUT2D eigenvalue weighted by molar-refractivity contribution is -0.110. The Hall–Kier alpha value is -1.91. The molecule has 0 bridgehead atoms. The van der Waals surface area contributed by atoms with E-state index in [1.165, 1.54) is 0 Å². The molecule has 0 saturated carbocycles. The number of hydrogen-bond donors (Lipinski definition) is 2. The maximum Gasteiger partial charge on any atom is 0.290 e. The van der Waals surface area contributed by atoms with Crippen LogP contribution in [0.2, 0.25) is 0 Å². The van der Waals surface area contributed by atoms with Gasteiger partial charge in [0.05, 0.1) is 6.54 Å². The predicted molar refractivity (Wildman–Crippen MR) is 53.2 cm³/mol. The number of amidine groups is 1. The first-order valence-corrected chi connectivity index (χ1v) is 4.36. The highest BCUT2D eigenvalue weighted by Crippen LogP contribution is 2.03. The summed E-state index contributed by atoms with van der Waals surface area (Å²) < 4.78 is 0. The Morgan fingerprint density at radius 3 is 2.86 bits per heavy atom. The smallest absolute Gasteiger partial charge is 0.290 e. The molecule has 1 aromatic rings. The van der Waals surface area contributed by atoms with Crippen molar-refractivity contribution in [1.29, 1.82) is 0 Å². The topological polar surface area (TPSA) is 66.4 Å². The molecule has 5 nitrogen and oxygen atoms in total. The lowest BCUT2D eigenvalue weighted by atomic mass is 10.4. The molecule has 2 N–H and O–H groups in total. The van der Waals surface area contributed by atoms with Crippen LogP contribution in [0.4, 0.5) is 5.69 Å². The second-order valence-corrected chi connectivity index (χ2v) is 2.85. The molecule has 14 heavy (non-hydrogen) atoms. The Labute approximate surface area is 81.3 Å². The molecule has 1 amide bonds. The van der Waals surface area contributed by atoms with Crippen molar-refractivity contribution in [3.63, 3.8) is 0 Å². The molecule has 2 heterocycles. The van der Waals surface area contributed by atoms with Crippen molar-refractivity contribution < 1.29 is 4.79 Å². The molecule has 0 spiro atoms. The third-order valence-electron chi connectivity index (χ3n) is 1.83. The number of nitrogens with zero attached hydrogens (tertiary/aromatic N) is 2. The fourth-order valence-electron chi connectivity index (χ4n) is 1.18. The van der Waals surface area contributed by atoms with Crippen LogP contribution < -0.4 is 10.6 Å². The van der Waals surface area contributed by atoms with Crippen LogP contribution in [0.5, 0.6) is 0 Å². The molecule has 0 atom stereocenters. The molecule has 5 heteroatoms. The highest BCUT2D eigenvalue weighted by Gasteiger charge is 2.13. The first-order valence-electron chi connectivity index (χ1n) is 4.36. The van der Waals surface area contributed by atoms with Gasteiger partial charge in [-0.25, -0.2) is 0 Å². The summed E-state index contributed by atoms with van der Waals surface area (Å²) in [7, 11) is 0. The number of aliphatic imine (C=N–C) groups is 1. The summed E-state index contributed by atoms with van der Waals surface area (Å²) in [6.45, 7) is 1.40. The zero-order chi connectivity index (χ0) is 9.80. The highest BCUT2D eigenvalue weighted by molar-refractivity contribution is 6.42. The Bertz CT molecular complexity index is 360. The summed E-state index contributed by atoms with van der Waals surface area (Å²) >= 11 is 0. The minimum atomic E-state index is -0.200. The van der Waals surface area contributed by atoms with Crippen molar-refractivity contribution in [1.82, 2.24) is 10.3 Å². The van der Waals surface area contributed by atoms with Gasteiger partial charge in [-0.05, 0) is 12.1 Å². The van der Waals surface area contributed by atoms with E-state index in [-0.39, 0.29) is 5.91 Å². The molecule has 0 aliphatic carbocycles. The van der Waals surface area contributed by atoms with E-state index in [2.05, 4.69) is 20.6 Å². The van der Waals surface area contributed by atoms with Gasteiger partial charge in [0.1, 0.15) is 0 Å². The van der Waals surface area contributed by atoms with E-state index in [0.29, 0.717) is 12.4 Å². The second-order valence-electron chi connectivity index (χ2n) is 2.85. The molecular weight excluding hydrogens is 180 g/mol. The standard InChI is InChI=1S/C9H10N4O/c14-9(8-11-5-6-12-8)13-7-1-3-10-4-2-7/h1-4H,5-6H2,(H,11,12)(H,10,13,14). The van der Waals surface area contributed by atoms with E-state index in [1.807, 2.05) is 0 Å². The Kier molecular flexibility index (Phi) is 2.40. The van der Waals surface area contributed by atoms with Gasteiger partial charge in [-0.3, -0.25) is 14.8 Å². The van der Waals surface area contributed by atoms with Crippen LogP contribution in [0, 0.1) is 0 Å². The number of rotatable bonds is 2. The summed E-state index contributed by atoms with van der Waals surface area (Å²) in [6, 6.07) is 3.46. The van der Waals surface area contributed by atoms with Crippen LogP contribution in [-0.4, -0.2) is 29.8 Å². The zero-order valence-electron chi connectivity index (χ0n) is 7.53. The average Bonchev–Trinajstić information content (AvgIpc) is 2.72. The number of hydrogen-bond acceptors (Lipinski definition) is 4. The first-order chi connectivity index (χ1) is 6.86. The fraction of sp³-hybridized carbons (Fsp3) is 0.222. The zero-order valence-corrected chi connectivity index (χ0v) is 7.53. The number of pyridine rings is 1. The predicted octanol–water partition coefficient (Wildman–Crippen LogP) is 0.0218. The molecule has 72 valence electrons. The van der Waals surface area contributed by atoms with Gasteiger partial charge in [-0.15, -0.1) is 0 Å². The van der Waals surface area contributed by atoms with E-state index in [4.69, 9.17) is 0 Å². The minimum absolute atomic E-state index is 0.200. The quantitative estimate of drug-likeness (QED) is 0.691. The monoisotopic (exact) mass is 190 g/mol. The normalized spacial score (nSPS) is 14.4. The number of carbonyl (C=O) groups is 1. The van der Waals surface area contributed by atoms with Crippen LogP contribution in [0.1, 0.15) is 0 Å². The van der Waals surface area contributed by atoms with Crippen LogP contribution in [0.25, 0.3) is 0 Å². The van der Waals surface area contributed by atoms with Crippen LogP contribution >= 0.6 is 0 Å². The summed E-state index contributed by atoms with van der Waals surface area (Å²) in [4.78, 5) is 19.4. The van der Waals surface area contributed by atoms with Crippen molar-refractivity contribution in [3.8, 4) is 0 Å². The minimum Gasteiger partial charge on any atom is -0.364 e. The second kappa shape index (κ2) is 3.87. The molecule has 0 saturated heterocycles. The van der Waals surface area contributed by atoms with Gasteiger partial charge < -0.3 is 10.6 Å². The third kappa shape index (κ3) is 1.87. The van der Waals surface area contributed by atoms with Gasteiger partial charge in [0.25, 0.3) is 5.91 Å². The lowest BCUT2D eigenvalue weighted by Crippen LogP contribution is -2.32. The van der Waals surface area contributed by atoms with E-state index in [9.17, 15) is 4.79 Å². The van der Waals surface area contributed by atoms with Crippen LogP contribution in [0.15, 0.2) is 29.5 Å². The van der Waals surface area contributed by atoms with Crippen molar-refractivity contribution in [2.75, 3.05) is 18.4 Å². The highest BCUT2D eigenvalue weighted by atomic mass is 16.2. The lowest BCUT2D eigenvalue weighted by Gasteiger charge is -2.03. The Balaban J connectivity index is 2.01. The fourth-order valence-corrected chi connectivity index (χ4v) is 1.18. The van der Waals surface area contributed by atoms with Gasteiger partial charge in [-0.1, -0.05) is 0 Å². The SMILES string of the molecule is O=C(Nc1ccncc1)C1=NCCN1.